The lowest BCUT2D eigenvalue weighted by Gasteiger charge is -2.37. The zero-order valence-electron chi connectivity index (χ0n) is 9.65. The summed E-state index contributed by atoms with van der Waals surface area (Å²) in [4.78, 5) is 33.4. The Bertz CT molecular complexity index is 448. The van der Waals surface area contributed by atoms with Gasteiger partial charge in [-0.05, 0) is 11.2 Å². The molecule has 1 amide bonds. The summed E-state index contributed by atoms with van der Waals surface area (Å²) in [5, 5.41) is 19.4. The fourth-order valence-electron chi connectivity index (χ4n) is 2.51. The van der Waals surface area contributed by atoms with Gasteiger partial charge < -0.3 is 14.6 Å². The zero-order valence-corrected chi connectivity index (χ0v) is 11.2. The number of aliphatic carboxylic acids is 1. The predicted octanol–water partition coefficient (Wildman–Crippen LogP) is -0.595. The highest BCUT2D eigenvalue weighted by atomic mass is 35.5. The van der Waals surface area contributed by atoms with Crippen molar-refractivity contribution in [3.05, 3.63) is 10.1 Å². The molecule has 8 nitrogen and oxygen atoms in total. The molecule has 0 aliphatic carbocycles. The van der Waals surface area contributed by atoms with E-state index in [1.807, 2.05) is 0 Å². The average Bonchev–Trinajstić information content (AvgIpc) is 2.55. The van der Waals surface area contributed by atoms with Crippen LogP contribution in [0, 0.1) is 10.1 Å². The number of β-lactam (4-membered cyclic amide) rings is 1. The molecule has 0 aromatic carbocycles. The van der Waals surface area contributed by atoms with E-state index < -0.39 is 38.9 Å². The Kier molecular flexibility index (Phi) is 3.63. The number of halogens is 1. The molecule has 0 aromatic heterocycles. The van der Waals surface area contributed by atoms with Crippen LogP contribution < -0.4 is 0 Å². The zero-order chi connectivity index (χ0) is 14.4. The first-order chi connectivity index (χ1) is 8.77. The second-order valence-electron chi connectivity index (χ2n) is 4.50. The largest absolute Gasteiger partial charge is 0.615 e. The third-order valence-electron chi connectivity index (χ3n) is 3.36. The van der Waals surface area contributed by atoms with Crippen molar-refractivity contribution >= 4 is 34.7 Å². The molecule has 0 bridgehead atoms. The number of rotatable bonds is 5. The molecule has 2 aliphatic heterocycles. The highest BCUT2D eigenvalue weighted by molar-refractivity contribution is 7.94. The number of nitrogens with zero attached hydrogens (tertiary/aromatic N) is 2. The average molecular weight is 311 g/mol. The standard InChI is InChI=1S/C9H11ClN2O6S/c10-9(19(18)2-1-11(16)17)4-5-3-6(13)12(5)7(9)8(14)15/h5,7H,1-4H2,(H,14,15). The predicted molar refractivity (Wildman–Crippen MR) is 64.7 cm³/mol. The second-order valence-corrected chi connectivity index (χ2v) is 7.22. The minimum atomic E-state index is -1.90. The van der Waals surface area contributed by atoms with Gasteiger partial charge in [-0.2, -0.15) is 0 Å². The third-order valence-corrected chi connectivity index (χ3v) is 5.94. The highest BCUT2D eigenvalue weighted by Crippen LogP contribution is 2.48. The van der Waals surface area contributed by atoms with E-state index in [0.717, 1.165) is 4.90 Å². The number of hydrogen-bond acceptors (Lipinski definition) is 5. The molecule has 4 unspecified atom stereocenters. The maximum absolute atomic E-state index is 12.1. The Balaban J connectivity index is 2.18. The van der Waals surface area contributed by atoms with Crippen LogP contribution in [0.4, 0.5) is 0 Å². The summed E-state index contributed by atoms with van der Waals surface area (Å²) in [5.41, 5.74) is 0. The number of alkyl halides is 1. The van der Waals surface area contributed by atoms with Crippen LogP contribution in [0.25, 0.3) is 0 Å². The molecule has 0 radical (unpaired) electrons. The molecule has 2 saturated heterocycles. The van der Waals surface area contributed by atoms with Gasteiger partial charge in [-0.3, -0.25) is 14.9 Å². The van der Waals surface area contributed by atoms with Gasteiger partial charge in [0.05, 0.1) is 0 Å². The number of carbonyl (C=O) groups is 2. The molecule has 0 saturated carbocycles. The van der Waals surface area contributed by atoms with Gasteiger partial charge in [0, 0.05) is 23.8 Å². The lowest BCUT2D eigenvalue weighted by Crippen LogP contribution is -2.58. The maximum atomic E-state index is 12.1. The van der Waals surface area contributed by atoms with Gasteiger partial charge in [-0.25, -0.2) is 4.79 Å². The highest BCUT2D eigenvalue weighted by Gasteiger charge is 2.67. The van der Waals surface area contributed by atoms with Crippen LogP contribution in [0.2, 0.25) is 0 Å². The molecular formula is C9H11ClN2O6S. The maximum Gasteiger partial charge on any atom is 0.333 e. The number of carboxylic acid groups (broad SMARTS) is 1. The van der Waals surface area contributed by atoms with E-state index in [4.69, 9.17) is 16.7 Å². The summed E-state index contributed by atoms with van der Waals surface area (Å²) >= 11 is 4.26. The molecule has 2 heterocycles. The molecule has 0 aromatic rings. The van der Waals surface area contributed by atoms with Gasteiger partial charge in [-0.15, -0.1) is 0 Å². The van der Waals surface area contributed by atoms with Crippen molar-refractivity contribution in [2.75, 3.05) is 12.3 Å². The van der Waals surface area contributed by atoms with Crippen LogP contribution in [-0.2, 0) is 20.8 Å². The Labute approximate surface area is 116 Å². The van der Waals surface area contributed by atoms with Gasteiger partial charge in [0.15, 0.2) is 11.8 Å². The van der Waals surface area contributed by atoms with Gasteiger partial charge in [-0.1, -0.05) is 11.6 Å². The van der Waals surface area contributed by atoms with Crippen molar-refractivity contribution in [1.29, 1.82) is 0 Å². The second kappa shape index (κ2) is 4.80. The molecular weight excluding hydrogens is 300 g/mol. The smallest absolute Gasteiger partial charge is 0.333 e. The lowest BCUT2D eigenvalue weighted by molar-refractivity contribution is -0.474. The van der Waals surface area contributed by atoms with Crippen LogP contribution in [0.5, 0.6) is 0 Å². The molecule has 10 heteroatoms. The van der Waals surface area contributed by atoms with Crippen LogP contribution >= 0.6 is 11.6 Å². The summed E-state index contributed by atoms with van der Waals surface area (Å²) in [6.07, 6.45) is 0.270. The molecule has 2 fully saturated rings. The number of fused-ring (bicyclic) bond motifs is 1. The van der Waals surface area contributed by atoms with E-state index in [0.29, 0.717) is 0 Å². The van der Waals surface area contributed by atoms with Crippen LogP contribution in [-0.4, -0.2) is 59.9 Å². The van der Waals surface area contributed by atoms with Crippen molar-refractivity contribution in [3.8, 4) is 0 Å². The molecule has 2 aliphatic rings. The SMILES string of the molecule is O=C(O)C1N2C(=O)CC2CC1(Cl)[S+]([O-])CC[N+](=O)[O-]. The molecule has 1 N–H and O–H groups in total. The first kappa shape index (κ1) is 14.4. The van der Waals surface area contributed by atoms with Crippen molar-refractivity contribution in [3.63, 3.8) is 0 Å². The quantitative estimate of drug-likeness (QED) is 0.238. The Morgan fingerprint density at radius 2 is 2.32 bits per heavy atom. The fourth-order valence-corrected chi connectivity index (χ4v) is 4.61. The van der Waals surface area contributed by atoms with E-state index in [9.17, 15) is 24.3 Å². The van der Waals surface area contributed by atoms with Crippen LogP contribution in [0.15, 0.2) is 0 Å². The van der Waals surface area contributed by atoms with E-state index in [2.05, 4.69) is 0 Å². The van der Waals surface area contributed by atoms with Crippen molar-refractivity contribution in [2.45, 2.75) is 29.1 Å². The number of nitro groups is 1. The van der Waals surface area contributed by atoms with Gasteiger partial charge in [0.25, 0.3) is 0 Å². The van der Waals surface area contributed by atoms with Crippen molar-refractivity contribution in [1.82, 2.24) is 4.90 Å². The normalized spacial score (nSPS) is 34.6. The molecule has 0 spiro atoms. The Morgan fingerprint density at radius 1 is 1.68 bits per heavy atom. The Morgan fingerprint density at radius 3 is 2.79 bits per heavy atom. The van der Waals surface area contributed by atoms with Gasteiger partial charge in [0.2, 0.25) is 16.7 Å². The lowest BCUT2D eigenvalue weighted by atomic mass is 10.0. The molecule has 19 heavy (non-hydrogen) atoms. The summed E-state index contributed by atoms with van der Waals surface area (Å²) in [6.45, 7) is -0.550. The number of carboxylic acids is 1. The van der Waals surface area contributed by atoms with Crippen molar-refractivity contribution in [2.24, 2.45) is 0 Å². The van der Waals surface area contributed by atoms with E-state index in [1.165, 1.54) is 0 Å². The van der Waals surface area contributed by atoms with E-state index in [-0.39, 0.29) is 30.5 Å². The van der Waals surface area contributed by atoms with E-state index in [1.54, 1.807) is 0 Å². The summed E-state index contributed by atoms with van der Waals surface area (Å²) in [7, 11) is 0. The summed E-state index contributed by atoms with van der Waals surface area (Å²) in [5.74, 6) is -2.00. The first-order valence-electron chi connectivity index (χ1n) is 5.50. The monoisotopic (exact) mass is 310 g/mol. The molecule has 4 atom stereocenters. The van der Waals surface area contributed by atoms with E-state index >= 15 is 0 Å². The van der Waals surface area contributed by atoms with Gasteiger partial charge >= 0.3 is 5.97 Å². The summed E-state index contributed by atoms with van der Waals surface area (Å²) in [6, 6.07) is -1.71. The first-order valence-corrected chi connectivity index (χ1v) is 7.20. The number of hydrogen-bond donors (Lipinski definition) is 1. The van der Waals surface area contributed by atoms with Gasteiger partial charge in [0.1, 0.15) is 0 Å². The van der Waals surface area contributed by atoms with Crippen molar-refractivity contribution < 1.29 is 24.2 Å². The number of carbonyl (C=O) groups excluding carboxylic acids is 1. The minimum absolute atomic E-state index is 0.0849. The third kappa shape index (κ3) is 2.26. The topological polar surface area (TPSA) is 124 Å². The molecule has 2 rings (SSSR count). The van der Waals surface area contributed by atoms with Crippen LogP contribution in [0.3, 0.4) is 0 Å². The molecule has 106 valence electrons. The number of amides is 1. The minimum Gasteiger partial charge on any atom is -0.615 e. The fraction of sp³-hybridized carbons (Fsp3) is 0.778. The summed E-state index contributed by atoms with van der Waals surface area (Å²) < 4.78 is 10.4. The van der Waals surface area contributed by atoms with Crippen LogP contribution in [0.1, 0.15) is 12.8 Å². The Hall–Kier alpha value is -1.06.